The van der Waals surface area contributed by atoms with Gasteiger partial charge < -0.3 is 23.7 Å². The molecule has 0 atom stereocenters. The Morgan fingerprint density at radius 3 is 2.12 bits per heavy atom. The third-order valence-electron chi connectivity index (χ3n) is 4.26. The number of amides is 1. The Morgan fingerprint density at radius 2 is 1.58 bits per heavy atom. The van der Waals surface area contributed by atoms with Crippen LogP contribution in [-0.4, -0.2) is 53.7 Å². The van der Waals surface area contributed by atoms with Crippen molar-refractivity contribution in [1.82, 2.24) is 5.32 Å². The van der Waals surface area contributed by atoms with Crippen LogP contribution in [-0.2, 0) is 13.3 Å². The highest BCUT2D eigenvalue weighted by molar-refractivity contribution is 6.60. The van der Waals surface area contributed by atoms with Crippen molar-refractivity contribution >= 4 is 31.5 Å². The van der Waals surface area contributed by atoms with E-state index in [9.17, 15) is 14.7 Å². The monoisotopic (exact) mass is 377 g/mol. The lowest BCUT2D eigenvalue weighted by atomic mass is 9.98. The molecule has 0 saturated heterocycles. The van der Waals surface area contributed by atoms with Gasteiger partial charge in [-0.05, 0) is 23.9 Å². The first-order valence-corrected chi connectivity index (χ1v) is 10.1. The van der Waals surface area contributed by atoms with E-state index in [1.165, 1.54) is 6.07 Å². The number of carboxylic acids is 1. The first-order valence-electron chi connectivity index (χ1n) is 8.16. The Kier molecular flexibility index (Phi) is 6.87. The first-order chi connectivity index (χ1) is 12.5. The van der Waals surface area contributed by atoms with Gasteiger partial charge in [0.2, 0.25) is 0 Å². The lowest BCUT2D eigenvalue weighted by molar-refractivity contribution is 0.0699. The van der Waals surface area contributed by atoms with E-state index < -0.39 is 14.8 Å². The van der Waals surface area contributed by atoms with E-state index in [1.54, 1.807) is 51.7 Å². The summed E-state index contributed by atoms with van der Waals surface area (Å²) in [5, 5.41) is 13.4. The van der Waals surface area contributed by atoms with Gasteiger partial charge in [-0.1, -0.05) is 24.3 Å². The normalized spacial score (nSPS) is 11.5. The predicted molar refractivity (Wildman–Crippen MR) is 99.4 cm³/mol. The first kappa shape index (κ1) is 20.1. The van der Waals surface area contributed by atoms with Crippen molar-refractivity contribution < 1.29 is 28.0 Å². The molecule has 0 fully saturated rings. The quantitative estimate of drug-likeness (QED) is 0.515. The molecular formula is C18H23NO6Si. The molecule has 140 valence electrons. The van der Waals surface area contributed by atoms with E-state index in [1.807, 2.05) is 0 Å². The zero-order valence-electron chi connectivity index (χ0n) is 15.1. The van der Waals surface area contributed by atoms with Crippen LogP contribution in [0.3, 0.4) is 0 Å². The van der Waals surface area contributed by atoms with Crippen molar-refractivity contribution in [3.8, 4) is 0 Å². The summed E-state index contributed by atoms with van der Waals surface area (Å²) in [5.41, 5.74) is 0.451. The second-order valence-electron chi connectivity index (χ2n) is 5.67. The number of hydrogen-bond acceptors (Lipinski definition) is 5. The molecular weight excluding hydrogens is 354 g/mol. The predicted octanol–water partition coefficient (Wildman–Crippen LogP) is 2.54. The third-order valence-corrected chi connectivity index (χ3v) is 7.09. The summed E-state index contributed by atoms with van der Waals surface area (Å²) < 4.78 is 16.0. The van der Waals surface area contributed by atoms with Gasteiger partial charge in [-0.2, -0.15) is 0 Å². The number of fused-ring (bicyclic) bond motifs is 1. The molecule has 1 amide bonds. The van der Waals surface area contributed by atoms with E-state index in [-0.39, 0.29) is 11.5 Å². The molecule has 0 unspecified atom stereocenters. The standard InChI is InChI=1S/C18H23NO6Si/c1-23-26(24-2,25-3)12-6-11-19-17(20)14-9-4-7-13-8-5-10-15(16(13)14)18(21)22/h4-5,7-10H,6,11-12H2,1-3H3,(H,19,20)(H,21,22). The van der Waals surface area contributed by atoms with Crippen molar-refractivity contribution in [3.05, 3.63) is 47.5 Å². The Labute approximate surface area is 153 Å². The average Bonchev–Trinajstić information content (AvgIpc) is 2.67. The van der Waals surface area contributed by atoms with Crippen LogP contribution in [0.4, 0.5) is 0 Å². The zero-order chi connectivity index (χ0) is 19.2. The van der Waals surface area contributed by atoms with Gasteiger partial charge in [-0.3, -0.25) is 4.79 Å². The van der Waals surface area contributed by atoms with Gasteiger partial charge in [-0.25, -0.2) is 4.79 Å². The Hall–Kier alpha value is -2.26. The molecule has 8 heteroatoms. The Bertz CT molecular complexity index is 777. The molecule has 2 N–H and O–H groups in total. The van der Waals surface area contributed by atoms with Gasteiger partial charge >= 0.3 is 14.8 Å². The molecule has 0 heterocycles. The van der Waals surface area contributed by atoms with Crippen LogP contribution in [0.5, 0.6) is 0 Å². The molecule has 26 heavy (non-hydrogen) atoms. The topological polar surface area (TPSA) is 94.1 Å². The molecule has 0 radical (unpaired) electrons. The molecule has 2 aromatic rings. The van der Waals surface area contributed by atoms with Crippen molar-refractivity contribution in [2.75, 3.05) is 27.9 Å². The van der Waals surface area contributed by atoms with Gasteiger partial charge in [0.05, 0.1) is 5.56 Å². The highest BCUT2D eigenvalue weighted by Gasteiger charge is 2.36. The number of aromatic carboxylic acids is 1. The van der Waals surface area contributed by atoms with Gasteiger partial charge in [0.1, 0.15) is 0 Å². The molecule has 0 aromatic heterocycles. The van der Waals surface area contributed by atoms with Gasteiger partial charge in [0.25, 0.3) is 5.91 Å². The minimum Gasteiger partial charge on any atom is -0.478 e. The van der Waals surface area contributed by atoms with E-state index in [4.69, 9.17) is 13.3 Å². The minimum absolute atomic E-state index is 0.109. The molecule has 2 rings (SSSR count). The zero-order valence-corrected chi connectivity index (χ0v) is 16.1. The number of hydrogen-bond donors (Lipinski definition) is 2. The average molecular weight is 377 g/mol. The maximum Gasteiger partial charge on any atom is 0.500 e. The number of carboxylic acid groups (broad SMARTS) is 1. The molecule has 0 aliphatic carbocycles. The van der Waals surface area contributed by atoms with Crippen LogP contribution in [0.15, 0.2) is 36.4 Å². The maximum atomic E-state index is 12.6. The second-order valence-corrected chi connectivity index (χ2v) is 8.76. The SMILES string of the molecule is CO[Si](CCCNC(=O)c1cccc2cccc(C(=O)O)c12)(OC)OC. The summed E-state index contributed by atoms with van der Waals surface area (Å²) in [6.45, 7) is 0.398. The van der Waals surface area contributed by atoms with Crippen LogP contribution in [0.25, 0.3) is 10.8 Å². The largest absolute Gasteiger partial charge is 0.500 e. The van der Waals surface area contributed by atoms with Crippen LogP contribution < -0.4 is 5.32 Å². The van der Waals surface area contributed by atoms with E-state index in [0.29, 0.717) is 35.3 Å². The molecule has 0 spiro atoms. The molecule has 0 aliphatic heterocycles. The summed E-state index contributed by atoms with van der Waals surface area (Å²) in [4.78, 5) is 24.1. The Balaban J connectivity index is 2.12. The van der Waals surface area contributed by atoms with Crippen LogP contribution in [0.1, 0.15) is 27.1 Å². The van der Waals surface area contributed by atoms with Gasteiger partial charge in [0.15, 0.2) is 0 Å². The Morgan fingerprint density at radius 1 is 1.00 bits per heavy atom. The molecule has 7 nitrogen and oxygen atoms in total. The number of carbonyl (C=O) groups excluding carboxylic acids is 1. The number of benzene rings is 2. The smallest absolute Gasteiger partial charge is 0.478 e. The van der Waals surface area contributed by atoms with E-state index in [2.05, 4.69) is 5.32 Å². The summed E-state index contributed by atoms with van der Waals surface area (Å²) in [6.07, 6.45) is 0.615. The molecule has 0 saturated carbocycles. The van der Waals surface area contributed by atoms with Crippen molar-refractivity contribution in [2.45, 2.75) is 12.5 Å². The summed E-state index contributed by atoms with van der Waals surface area (Å²) in [5.74, 6) is -1.38. The van der Waals surface area contributed by atoms with Crippen molar-refractivity contribution in [3.63, 3.8) is 0 Å². The third kappa shape index (κ3) is 4.28. The van der Waals surface area contributed by atoms with Crippen LogP contribution in [0, 0.1) is 0 Å². The van der Waals surface area contributed by atoms with Gasteiger partial charge in [0, 0.05) is 44.9 Å². The summed E-state index contributed by atoms with van der Waals surface area (Å²) in [6, 6.07) is 10.7. The highest BCUT2D eigenvalue weighted by atomic mass is 28.4. The fourth-order valence-corrected chi connectivity index (χ4v) is 4.59. The lowest BCUT2D eigenvalue weighted by Crippen LogP contribution is -2.43. The van der Waals surface area contributed by atoms with Crippen LogP contribution >= 0.6 is 0 Å². The van der Waals surface area contributed by atoms with Crippen molar-refractivity contribution in [2.24, 2.45) is 0 Å². The van der Waals surface area contributed by atoms with Gasteiger partial charge in [-0.15, -0.1) is 0 Å². The van der Waals surface area contributed by atoms with Crippen LogP contribution in [0.2, 0.25) is 6.04 Å². The molecule has 0 bridgehead atoms. The van der Waals surface area contributed by atoms with Crippen molar-refractivity contribution in [1.29, 1.82) is 0 Å². The van der Waals surface area contributed by atoms with E-state index in [0.717, 1.165) is 0 Å². The van der Waals surface area contributed by atoms with E-state index >= 15 is 0 Å². The molecule has 0 aliphatic rings. The number of nitrogens with one attached hydrogen (secondary N) is 1. The second kappa shape index (κ2) is 8.90. The number of carbonyl (C=O) groups is 2. The molecule has 2 aromatic carbocycles. The minimum atomic E-state index is -2.67. The highest BCUT2D eigenvalue weighted by Crippen LogP contribution is 2.23. The summed E-state index contributed by atoms with van der Waals surface area (Å²) in [7, 11) is 1.96. The fourth-order valence-electron chi connectivity index (χ4n) is 2.87. The maximum absolute atomic E-state index is 12.6. The number of rotatable bonds is 9. The fraction of sp³-hybridized carbons (Fsp3) is 0.333. The summed E-state index contributed by atoms with van der Waals surface area (Å²) >= 11 is 0. The lowest BCUT2D eigenvalue weighted by Gasteiger charge is -2.24.